The molecule has 0 spiro atoms. The molecule has 0 aliphatic heterocycles. The maximum absolute atomic E-state index is 11.6. The standard InChI is InChI=1S/C17H19N3O2/c1-20(2)16(21)11-12-3-7-14(8-4-12)19-15-9-5-13(6-10-15)17(18)22/h3-10,19H,11H2,1-2H3,(H2,18,22). The second kappa shape index (κ2) is 6.76. The fourth-order valence-corrected chi connectivity index (χ4v) is 1.92. The Balaban J connectivity index is 2.01. The van der Waals surface area contributed by atoms with Gasteiger partial charge in [-0.1, -0.05) is 12.1 Å². The monoisotopic (exact) mass is 297 g/mol. The zero-order valence-corrected chi connectivity index (χ0v) is 12.7. The Morgan fingerprint density at radius 2 is 1.45 bits per heavy atom. The molecule has 0 heterocycles. The lowest BCUT2D eigenvalue weighted by Crippen LogP contribution is -2.23. The van der Waals surface area contributed by atoms with E-state index in [9.17, 15) is 9.59 Å². The quantitative estimate of drug-likeness (QED) is 0.888. The Hall–Kier alpha value is -2.82. The number of nitrogens with two attached hydrogens (primary N) is 1. The van der Waals surface area contributed by atoms with Crippen molar-refractivity contribution in [2.45, 2.75) is 6.42 Å². The number of anilines is 2. The molecule has 0 atom stereocenters. The lowest BCUT2D eigenvalue weighted by atomic mass is 10.1. The number of nitrogens with one attached hydrogen (secondary N) is 1. The fourth-order valence-electron chi connectivity index (χ4n) is 1.92. The minimum absolute atomic E-state index is 0.0720. The first kappa shape index (κ1) is 15.6. The summed E-state index contributed by atoms with van der Waals surface area (Å²) in [5.74, 6) is -0.371. The van der Waals surface area contributed by atoms with Crippen molar-refractivity contribution in [2.24, 2.45) is 5.73 Å². The van der Waals surface area contributed by atoms with Crippen molar-refractivity contribution in [3.05, 3.63) is 59.7 Å². The summed E-state index contributed by atoms with van der Waals surface area (Å²) in [6, 6.07) is 14.6. The number of nitrogens with zero attached hydrogens (tertiary/aromatic N) is 1. The van der Waals surface area contributed by atoms with Crippen LogP contribution in [0, 0.1) is 0 Å². The molecule has 0 fully saturated rings. The van der Waals surface area contributed by atoms with E-state index in [0.717, 1.165) is 16.9 Å². The molecule has 0 aliphatic carbocycles. The number of amides is 2. The maximum atomic E-state index is 11.6. The Bertz CT molecular complexity index is 661. The molecule has 22 heavy (non-hydrogen) atoms. The molecule has 2 aromatic carbocycles. The summed E-state index contributed by atoms with van der Waals surface area (Å²) in [7, 11) is 3.49. The summed E-state index contributed by atoms with van der Waals surface area (Å²) in [6.45, 7) is 0. The molecule has 0 radical (unpaired) electrons. The topological polar surface area (TPSA) is 75.4 Å². The molecule has 5 nitrogen and oxygen atoms in total. The minimum Gasteiger partial charge on any atom is -0.366 e. The van der Waals surface area contributed by atoms with E-state index in [1.165, 1.54) is 0 Å². The SMILES string of the molecule is CN(C)C(=O)Cc1ccc(Nc2ccc(C(N)=O)cc2)cc1. The van der Waals surface area contributed by atoms with Gasteiger partial charge in [-0.05, 0) is 42.0 Å². The molecule has 2 rings (SSSR count). The molecule has 3 N–H and O–H groups in total. The number of carbonyl (C=O) groups is 2. The van der Waals surface area contributed by atoms with Gasteiger partial charge in [0.25, 0.3) is 0 Å². The smallest absolute Gasteiger partial charge is 0.248 e. The van der Waals surface area contributed by atoms with Crippen LogP contribution in [0.2, 0.25) is 0 Å². The van der Waals surface area contributed by atoms with Gasteiger partial charge in [0.2, 0.25) is 11.8 Å². The molecular formula is C17H19N3O2. The van der Waals surface area contributed by atoms with Crippen LogP contribution in [0.3, 0.4) is 0 Å². The van der Waals surface area contributed by atoms with E-state index in [-0.39, 0.29) is 5.91 Å². The lowest BCUT2D eigenvalue weighted by molar-refractivity contribution is -0.127. The van der Waals surface area contributed by atoms with E-state index in [2.05, 4.69) is 5.32 Å². The zero-order valence-electron chi connectivity index (χ0n) is 12.7. The first-order chi connectivity index (χ1) is 10.5. The van der Waals surface area contributed by atoms with Gasteiger partial charge >= 0.3 is 0 Å². The molecule has 5 heteroatoms. The van der Waals surface area contributed by atoms with Crippen molar-refractivity contribution in [3.63, 3.8) is 0 Å². The largest absolute Gasteiger partial charge is 0.366 e. The molecule has 0 aromatic heterocycles. The summed E-state index contributed by atoms with van der Waals surface area (Å²) in [6.07, 6.45) is 0.389. The average Bonchev–Trinajstić information content (AvgIpc) is 2.49. The summed E-state index contributed by atoms with van der Waals surface area (Å²) in [5.41, 5.74) is 8.42. The van der Waals surface area contributed by atoms with E-state index in [1.807, 2.05) is 24.3 Å². The molecule has 0 bridgehead atoms. The molecule has 2 amide bonds. The van der Waals surface area contributed by atoms with Crippen molar-refractivity contribution < 1.29 is 9.59 Å². The maximum Gasteiger partial charge on any atom is 0.248 e. The van der Waals surface area contributed by atoms with E-state index in [4.69, 9.17) is 5.73 Å². The number of hydrogen-bond acceptors (Lipinski definition) is 3. The highest BCUT2D eigenvalue weighted by Gasteiger charge is 2.05. The van der Waals surface area contributed by atoms with Gasteiger partial charge in [0.1, 0.15) is 0 Å². The first-order valence-corrected chi connectivity index (χ1v) is 6.91. The van der Waals surface area contributed by atoms with Crippen molar-refractivity contribution >= 4 is 23.2 Å². The highest BCUT2D eigenvalue weighted by atomic mass is 16.2. The summed E-state index contributed by atoms with van der Waals surface area (Å²) < 4.78 is 0. The molecule has 0 unspecified atom stereocenters. The van der Waals surface area contributed by atoms with Crippen molar-refractivity contribution in [2.75, 3.05) is 19.4 Å². The van der Waals surface area contributed by atoms with Crippen LogP contribution in [-0.2, 0) is 11.2 Å². The normalized spacial score (nSPS) is 10.1. The third-order valence-electron chi connectivity index (χ3n) is 3.27. The highest BCUT2D eigenvalue weighted by Crippen LogP contribution is 2.18. The van der Waals surface area contributed by atoms with Gasteiger partial charge in [-0.25, -0.2) is 0 Å². The first-order valence-electron chi connectivity index (χ1n) is 6.91. The number of primary amides is 1. The van der Waals surface area contributed by atoms with Gasteiger partial charge in [-0.15, -0.1) is 0 Å². The van der Waals surface area contributed by atoms with Gasteiger partial charge < -0.3 is 16.0 Å². The highest BCUT2D eigenvalue weighted by molar-refractivity contribution is 5.93. The van der Waals surface area contributed by atoms with Crippen molar-refractivity contribution in [1.82, 2.24) is 4.90 Å². The van der Waals surface area contributed by atoms with Crippen LogP contribution in [-0.4, -0.2) is 30.8 Å². The lowest BCUT2D eigenvalue weighted by Gasteiger charge is -2.11. The molecule has 0 aliphatic rings. The fraction of sp³-hybridized carbons (Fsp3) is 0.176. The van der Waals surface area contributed by atoms with Crippen LogP contribution in [0.4, 0.5) is 11.4 Å². The molecule has 0 saturated carbocycles. The van der Waals surface area contributed by atoms with Gasteiger partial charge in [0.05, 0.1) is 6.42 Å². The third-order valence-corrected chi connectivity index (χ3v) is 3.27. The van der Waals surface area contributed by atoms with Crippen LogP contribution in [0.25, 0.3) is 0 Å². The second-order valence-electron chi connectivity index (χ2n) is 5.23. The number of hydrogen-bond donors (Lipinski definition) is 2. The van der Waals surface area contributed by atoms with E-state index in [1.54, 1.807) is 43.3 Å². The second-order valence-corrected chi connectivity index (χ2v) is 5.23. The Kier molecular flexibility index (Phi) is 4.78. The van der Waals surface area contributed by atoms with Crippen molar-refractivity contribution in [1.29, 1.82) is 0 Å². The molecular weight excluding hydrogens is 278 g/mol. The van der Waals surface area contributed by atoms with Crippen LogP contribution >= 0.6 is 0 Å². The third kappa shape index (κ3) is 4.09. The Morgan fingerprint density at radius 1 is 0.955 bits per heavy atom. The zero-order chi connectivity index (χ0) is 16.1. The van der Waals surface area contributed by atoms with Gasteiger partial charge in [0.15, 0.2) is 0 Å². The molecule has 0 saturated heterocycles. The molecule has 2 aromatic rings. The van der Waals surface area contributed by atoms with E-state index < -0.39 is 5.91 Å². The summed E-state index contributed by atoms with van der Waals surface area (Å²) in [4.78, 5) is 24.2. The predicted octanol–water partition coefficient (Wildman–Crippen LogP) is 2.16. The van der Waals surface area contributed by atoms with Crippen LogP contribution in [0.1, 0.15) is 15.9 Å². The average molecular weight is 297 g/mol. The number of benzene rings is 2. The van der Waals surface area contributed by atoms with Gasteiger partial charge in [-0.2, -0.15) is 0 Å². The Morgan fingerprint density at radius 3 is 1.91 bits per heavy atom. The van der Waals surface area contributed by atoms with Gasteiger partial charge in [0, 0.05) is 31.0 Å². The number of carbonyl (C=O) groups excluding carboxylic acids is 2. The predicted molar refractivity (Wildman–Crippen MR) is 87.1 cm³/mol. The van der Waals surface area contributed by atoms with Crippen molar-refractivity contribution in [3.8, 4) is 0 Å². The van der Waals surface area contributed by atoms with Crippen LogP contribution in [0.5, 0.6) is 0 Å². The molecule has 114 valence electrons. The number of rotatable bonds is 5. The summed E-state index contributed by atoms with van der Waals surface area (Å²) >= 11 is 0. The Labute approximate surface area is 129 Å². The summed E-state index contributed by atoms with van der Waals surface area (Å²) in [5, 5.41) is 3.23. The van der Waals surface area contributed by atoms with E-state index >= 15 is 0 Å². The van der Waals surface area contributed by atoms with Crippen LogP contribution in [0.15, 0.2) is 48.5 Å². The van der Waals surface area contributed by atoms with E-state index in [0.29, 0.717) is 12.0 Å². The number of likely N-dealkylation sites (N-methyl/N-ethyl adjacent to an activating group) is 1. The minimum atomic E-state index is -0.443. The van der Waals surface area contributed by atoms with Gasteiger partial charge in [-0.3, -0.25) is 9.59 Å². The van der Waals surface area contributed by atoms with Crippen LogP contribution < -0.4 is 11.1 Å².